The van der Waals surface area contributed by atoms with Crippen LogP contribution in [0.2, 0.25) is 5.02 Å². The van der Waals surface area contributed by atoms with E-state index in [1.54, 1.807) is 24.3 Å². The molecule has 0 bridgehead atoms. The number of hydrogen-bond donors (Lipinski definition) is 1. The summed E-state index contributed by atoms with van der Waals surface area (Å²) in [5, 5.41) is 2.62. The van der Waals surface area contributed by atoms with Crippen molar-refractivity contribution >= 4 is 69.2 Å². The molecular formula is C27H22ClFN2O4S2. The molecule has 0 aromatic heterocycles. The Bertz CT molecular complexity index is 1440. The SMILES string of the molecule is COc1cc(/C=C2\SC(=S)N(c3ccc(C)c(C)c3)C2=O)cc(Cl)c1OCC(=O)Nc1ccccc1F. The smallest absolute Gasteiger partial charge is 0.270 e. The van der Waals surface area contributed by atoms with E-state index in [2.05, 4.69) is 5.32 Å². The van der Waals surface area contributed by atoms with Gasteiger partial charge >= 0.3 is 0 Å². The van der Waals surface area contributed by atoms with Crippen molar-refractivity contribution < 1.29 is 23.5 Å². The van der Waals surface area contributed by atoms with Gasteiger partial charge in [-0.1, -0.05) is 53.8 Å². The summed E-state index contributed by atoms with van der Waals surface area (Å²) in [6.07, 6.45) is 1.67. The number of thioether (sulfide) groups is 1. The van der Waals surface area contributed by atoms with Crippen molar-refractivity contribution in [2.45, 2.75) is 13.8 Å². The van der Waals surface area contributed by atoms with E-state index in [9.17, 15) is 14.0 Å². The molecule has 0 saturated carbocycles. The molecule has 4 rings (SSSR count). The molecule has 1 aliphatic heterocycles. The van der Waals surface area contributed by atoms with Crippen LogP contribution < -0.4 is 19.7 Å². The number of nitrogens with zero attached hydrogens (tertiary/aromatic N) is 1. The van der Waals surface area contributed by atoms with Crippen molar-refractivity contribution in [2.24, 2.45) is 0 Å². The first-order chi connectivity index (χ1) is 17.7. The number of rotatable bonds is 7. The van der Waals surface area contributed by atoms with E-state index in [1.165, 1.54) is 42.0 Å². The molecule has 2 amide bonds. The molecule has 0 radical (unpaired) electrons. The Morgan fingerprint density at radius 3 is 2.62 bits per heavy atom. The summed E-state index contributed by atoms with van der Waals surface area (Å²) in [5.74, 6) is -0.950. The molecule has 0 aliphatic carbocycles. The van der Waals surface area contributed by atoms with Gasteiger partial charge in [0, 0.05) is 0 Å². The van der Waals surface area contributed by atoms with Crippen molar-refractivity contribution in [1.82, 2.24) is 0 Å². The van der Waals surface area contributed by atoms with Gasteiger partial charge in [0.2, 0.25) is 0 Å². The second-order valence-electron chi connectivity index (χ2n) is 8.14. The van der Waals surface area contributed by atoms with Crippen molar-refractivity contribution in [3.05, 3.63) is 87.0 Å². The van der Waals surface area contributed by atoms with Crippen LogP contribution in [0.4, 0.5) is 15.8 Å². The third kappa shape index (κ3) is 5.95. The van der Waals surface area contributed by atoms with Gasteiger partial charge in [0.25, 0.3) is 11.8 Å². The van der Waals surface area contributed by atoms with Gasteiger partial charge in [-0.15, -0.1) is 0 Å². The molecule has 1 aliphatic rings. The number of methoxy groups -OCH3 is 1. The number of nitrogens with one attached hydrogen (secondary N) is 1. The van der Waals surface area contributed by atoms with E-state index >= 15 is 0 Å². The van der Waals surface area contributed by atoms with Crippen LogP contribution in [0.5, 0.6) is 11.5 Å². The maximum atomic E-state index is 13.8. The Balaban J connectivity index is 1.51. The minimum atomic E-state index is -0.567. The van der Waals surface area contributed by atoms with E-state index in [4.69, 9.17) is 33.3 Å². The van der Waals surface area contributed by atoms with E-state index in [0.717, 1.165) is 11.1 Å². The van der Waals surface area contributed by atoms with Gasteiger partial charge < -0.3 is 14.8 Å². The number of carbonyl (C=O) groups is 2. The molecule has 1 N–H and O–H groups in total. The minimum Gasteiger partial charge on any atom is -0.493 e. The molecule has 190 valence electrons. The summed E-state index contributed by atoms with van der Waals surface area (Å²) in [6, 6.07) is 14.8. The zero-order valence-electron chi connectivity index (χ0n) is 20.1. The van der Waals surface area contributed by atoms with Crippen LogP contribution in [0.25, 0.3) is 6.08 Å². The fourth-order valence-electron chi connectivity index (χ4n) is 3.56. The average Bonchev–Trinajstić information content (AvgIpc) is 3.13. The largest absolute Gasteiger partial charge is 0.493 e. The summed E-state index contributed by atoms with van der Waals surface area (Å²) in [5.41, 5.74) is 3.53. The topological polar surface area (TPSA) is 67.9 Å². The minimum absolute atomic E-state index is 0.0441. The van der Waals surface area contributed by atoms with Gasteiger partial charge in [-0.25, -0.2) is 4.39 Å². The zero-order valence-corrected chi connectivity index (χ0v) is 22.5. The predicted molar refractivity (Wildman–Crippen MR) is 150 cm³/mol. The quantitative estimate of drug-likeness (QED) is 0.264. The number of amides is 2. The highest BCUT2D eigenvalue weighted by atomic mass is 35.5. The average molecular weight is 557 g/mol. The highest BCUT2D eigenvalue weighted by Gasteiger charge is 2.33. The third-order valence-electron chi connectivity index (χ3n) is 5.59. The lowest BCUT2D eigenvalue weighted by Gasteiger charge is -2.16. The van der Waals surface area contributed by atoms with Crippen LogP contribution >= 0.6 is 35.6 Å². The first-order valence-corrected chi connectivity index (χ1v) is 12.7. The molecule has 1 saturated heterocycles. The van der Waals surface area contributed by atoms with Gasteiger partial charge in [0.15, 0.2) is 22.4 Å². The van der Waals surface area contributed by atoms with Gasteiger partial charge in [-0.2, -0.15) is 0 Å². The Labute approximate surface area is 228 Å². The first kappa shape index (κ1) is 26.7. The standard InChI is InChI=1S/C27H22ClFN2O4S2/c1-15-8-9-18(10-16(15)2)31-26(33)23(37-27(31)36)13-17-11-19(28)25(22(12-17)34-3)35-14-24(32)30-21-7-5-4-6-20(21)29/h4-13H,14H2,1-3H3,(H,30,32)/b23-13-. The normalized spacial score (nSPS) is 14.3. The molecule has 10 heteroatoms. The molecular weight excluding hydrogens is 535 g/mol. The highest BCUT2D eigenvalue weighted by molar-refractivity contribution is 8.27. The molecule has 3 aromatic rings. The fourth-order valence-corrected chi connectivity index (χ4v) is 5.13. The summed E-state index contributed by atoms with van der Waals surface area (Å²) in [7, 11) is 1.43. The van der Waals surface area contributed by atoms with Crippen molar-refractivity contribution in [3.63, 3.8) is 0 Å². The summed E-state index contributed by atoms with van der Waals surface area (Å²) >= 11 is 13.1. The lowest BCUT2D eigenvalue weighted by Crippen LogP contribution is -2.27. The lowest BCUT2D eigenvalue weighted by molar-refractivity contribution is -0.118. The van der Waals surface area contributed by atoms with Crippen LogP contribution in [0.1, 0.15) is 16.7 Å². The van der Waals surface area contributed by atoms with Crippen molar-refractivity contribution in [2.75, 3.05) is 23.9 Å². The van der Waals surface area contributed by atoms with Crippen LogP contribution in [-0.2, 0) is 9.59 Å². The highest BCUT2D eigenvalue weighted by Crippen LogP contribution is 2.40. The van der Waals surface area contributed by atoms with Gasteiger partial charge in [-0.05, 0) is 73.0 Å². The second kappa shape index (κ2) is 11.3. The molecule has 0 unspecified atom stereocenters. The zero-order chi connectivity index (χ0) is 26.7. The number of ether oxygens (including phenoxy) is 2. The Kier molecular flexibility index (Phi) is 8.16. The lowest BCUT2D eigenvalue weighted by atomic mass is 10.1. The van der Waals surface area contributed by atoms with E-state index in [1.807, 2.05) is 32.0 Å². The maximum Gasteiger partial charge on any atom is 0.270 e. The number of hydrogen-bond acceptors (Lipinski definition) is 6. The molecule has 3 aromatic carbocycles. The monoisotopic (exact) mass is 556 g/mol. The fraction of sp³-hybridized carbons (Fsp3) is 0.148. The molecule has 0 atom stereocenters. The molecule has 0 spiro atoms. The Morgan fingerprint density at radius 1 is 1.16 bits per heavy atom. The maximum absolute atomic E-state index is 13.8. The molecule has 1 fully saturated rings. The molecule has 37 heavy (non-hydrogen) atoms. The number of thiocarbonyl (C=S) groups is 1. The summed E-state index contributed by atoms with van der Waals surface area (Å²) in [4.78, 5) is 27.3. The van der Waals surface area contributed by atoms with Crippen LogP contribution in [0.15, 0.2) is 59.5 Å². The van der Waals surface area contributed by atoms with E-state index in [0.29, 0.717) is 20.5 Å². The third-order valence-corrected chi connectivity index (χ3v) is 7.17. The number of anilines is 2. The number of carbonyl (C=O) groups excluding carboxylic acids is 2. The number of halogens is 2. The summed E-state index contributed by atoms with van der Waals surface area (Å²) < 4.78 is 25.2. The van der Waals surface area contributed by atoms with Gasteiger partial charge in [0.05, 0.1) is 28.4 Å². The van der Waals surface area contributed by atoms with Crippen molar-refractivity contribution in [3.8, 4) is 11.5 Å². The second-order valence-corrected chi connectivity index (χ2v) is 10.2. The Hall–Kier alpha value is -3.40. The molecule has 1 heterocycles. The van der Waals surface area contributed by atoms with Gasteiger partial charge in [0.1, 0.15) is 5.82 Å². The predicted octanol–water partition coefficient (Wildman–Crippen LogP) is 6.53. The van der Waals surface area contributed by atoms with Crippen LogP contribution in [-0.4, -0.2) is 29.9 Å². The number of para-hydroxylation sites is 1. The first-order valence-electron chi connectivity index (χ1n) is 11.1. The van der Waals surface area contributed by atoms with Crippen LogP contribution in [0, 0.1) is 19.7 Å². The number of aryl methyl sites for hydroxylation is 2. The van der Waals surface area contributed by atoms with E-state index in [-0.39, 0.29) is 28.1 Å². The number of benzene rings is 3. The van der Waals surface area contributed by atoms with E-state index < -0.39 is 18.3 Å². The van der Waals surface area contributed by atoms with Crippen LogP contribution in [0.3, 0.4) is 0 Å². The molecule has 6 nitrogen and oxygen atoms in total. The summed E-state index contributed by atoms with van der Waals surface area (Å²) in [6.45, 7) is 3.57. The van der Waals surface area contributed by atoms with Crippen molar-refractivity contribution in [1.29, 1.82) is 0 Å². The van der Waals surface area contributed by atoms with Gasteiger partial charge in [-0.3, -0.25) is 14.5 Å². The Morgan fingerprint density at radius 2 is 1.92 bits per heavy atom.